The maximum atomic E-state index is 12.4. The Balaban J connectivity index is 1.58. The third-order valence-electron chi connectivity index (χ3n) is 5.02. The lowest BCUT2D eigenvalue weighted by molar-refractivity contribution is -0.119. The summed E-state index contributed by atoms with van der Waals surface area (Å²) in [5.41, 5.74) is 2.81. The predicted molar refractivity (Wildman–Crippen MR) is 122 cm³/mol. The number of carbonyl (C=O) groups excluding carboxylic acids is 1. The van der Waals surface area contributed by atoms with Gasteiger partial charge in [0.15, 0.2) is 20.8 Å². The fourth-order valence-corrected chi connectivity index (χ4v) is 6.04. The Kier molecular flexibility index (Phi) is 6.36. The number of rotatable bonds is 6. The SMILES string of the molecule is Cc1ccccc1-n1c(SCC(=O)N[C@@H]2CCS(=O)(=O)C2)nnc1-c1ccc(Cl)cc1. The van der Waals surface area contributed by atoms with Crippen molar-refractivity contribution in [3.05, 3.63) is 59.1 Å². The number of aromatic nitrogens is 3. The van der Waals surface area contributed by atoms with E-state index in [1.54, 1.807) is 12.1 Å². The molecule has 3 aromatic rings. The van der Waals surface area contributed by atoms with E-state index in [-0.39, 0.29) is 29.2 Å². The molecular weight excluding hydrogens is 456 g/mol. The lowest BCUT2D eigenvalue weighted by Crippen LogP contribution is -2.36. The highest BCUT2D eigenvalue weighted by atomic mass is 35.5. The van der Waals surface area contributed by atoms with Gasteiger partial charge in [-0.05, 0) is 49.2 Å². The van der Waals surface area contributed by atoms with Crippen LogP contribution in [0.2, 0.25) is 5.02 Å². The second kappa shape index (κ2) is 9.02. The third kappa shape index (κ3) is 5.11. The Labute approximate surface area is 190 Å². The molecule has 7 nitrogen and oxygen atoms in total. The van der Waals surface area contributed by atoms with Crippen LogP contribution >= 0.6 is 23.4 Å². The molecule has 2 aromatic carbocycles. The quantitative estimate of drug-likeness (QED) is 0.548. The van der Waals surface area contributed by atoms with Gasteiger partial charge in [-0.3, -0.25) is 9.36 Å². The highest BCUT2D eigenvalue weighted by molar-refractivity contribution is 7.99. The van der Waals surface area contributed by atoms with Crippen molar-refractivity contribution in [2.24, 2.45) is 0 Å². The molecule has 1 fully saturated rings. The van der Waals surface area contributed by atoms with E-state index in [2.05, 4.69) is 15.5 Å². The van der Waals surface area contributed by atoms with E-state index in [1.807, 2.05) is 47.9 Å². The summed E-state index contributed by atoms with van der Waals surface area (Å²) in [7, 11) is -3.04. The minimum Gasteiger partial charge on any atom is -0.352 e. The van der Waals surface area contributed by atoms with Gasteiger partial charge in [0.25, 0.3) is 0 Å². The van der Waals surface area contributed by atoms with Crippen molar-refractivity contribution in [2.45, 2.75) is 24.5 Å². The largest absolute Gasteiger partial charge is 0.352 e. The number of benzene rings is 2. The van der Waals surface area contributed by atoms with Crippen LogP contribution in [0, 0.1) is 6.92 Å². The van der Waals surface area contributed by atoms with Crippen LogP contribution in [-0.2, 0) is 14.6 Å². The molecule has 162 valence electrons. The van der Waals surface area contributed by atoms with Crippen LogP contribution in [-0.4, -0.2) is 52.4 Å². The normalized spacial score (nSPS) is 17.5. The summed E-state index contributed by atoms with van der Waals surface area (Å²) < 4.78 is 25.1. The molecule has 0 aliphatic carbocycles. The summed E-state index contributed by atoms with van der Waals surface area (Å²) >= 11 is 7.29. The zero-order chi connectivity index (χ0) is 22.0. The van der Waals surface area contributed by atoms with E-state index < -0.39 is 9.84 Å². The Hall–Kier alpha value is -2.36. The maximum Gasteiger partial charge on any atom is 0.230 e. The minimum absolute atomic E-state index is 0.00349. The van der Waals surface area contributed by atoms with E-state index >= 15 is 0 Å². The third-order valence-corrected chi connectivity index (χ3v) is 7.97. The molecule has 1 saturated heterocycles. The summed E-state index contributed by atoms with van der Waals surface area (Å²) in [5, 5.41) is 12.7. The van der Waals surface area contributed by atoms with Gasteiger partial charge in [0.05, 0.1) is 22.9 Å². The van der Waals surface area contributed by atoms with Gasteiger partial charge in [-0.2, -0.15) is 0 Å². The monoisotopic (exact) mass is 476 g/mol. The second-order valence-electron chi connectivity index (χ2n) is 7.39. The summed E-state index contributed by atoms with van der Waals surface area (Å²) in [6.45, 7) is 2.00. The van der Waals surface area contributed by atoms with Crippen LogP contribution in [0.3, 0.4) is 0 Å². The second-order valence-corrected chi connectivity index (χ2v) is 11.0. The van der Waals surface area contributed by atoms with Crippen LogP contribution in [0.15, 0.2) is 53.7 Å². The van der Waals surface area contributed by atoms with Crippen molar-refractivity contribution in [3.8, 4) is 17.1 Å². The number of hydrogen-bond acceptors (Lipinski definition) is 6. The summed E-state index contributed by atoms with van der Waals surface area (Å²) in [4.78, 5) is 12.4. The summed E-state index contributed by atoms with van der Waals surface area (Å²) in [6, 6.07) is 14.9. The molecule has 2 heterocycles. The van der Waals surface area contributed by atoms with Crippen molar-refractivity contribution in [1.29, 1.82) is 0 Å². The average molecular weight is 477 g/mol. The van der Waals surface area contributed by atoms with Crippen molar-refractivity contribution < 1.29 is 13.2 Å². The first kappa shape index (κ1) is 21.9. The van der Waals surface area contributed by atoms with Gasteiger partial charge in [0.2, 0.25) is 5.91 Å². The van der Waals surface area contributed by atoms with E-state index in [0.717, 1.165) is 16.8 Å². The van der Waals surface area contributed by atoms with Crippen LogP contribution in [0.5, 0.6) is 0 Å². The first-order chi connectivity index (χ1) is 14.8. The fourth-order valence-electron chi connectivity index (χ4n) is 3.49. The van der Waals surface area contributed by atoms with Crippen molar-refractivity contribution in [3.63, 3.8) is 0 Å². The number of nitrogens with zero attached hydrogens (tertiary/aromatic N) is 3. The number of para-hydroxylation sites is 1. The van der Waals surface area contributed by atoms with Crippen LogP contribution in [0.25, 0.3) is 17.1 Å². The number of amides is 1. The molecule has 1 aliphatic heterocycles. The van der Waals surface area contributed by atoms with E-state index in [1.165, 1.54) is 11.8 Å². The van der Waals surface area contributed by atoms with E-state index in [4.69, 9.17) is 11.6 Å². The standard InChI is InChI=1S/C21H21ClN4O3S2/c1-14-4-2-3-5-18(14)26-20(15-6-8-16(22)9-7-15)24-25-21(26)30-12-19(27)23-17-10-11-31(28,29)13-17/h2-9,17H,10-13H2,1H3,(H,23,27)/t17-/m1/s1. The number of hydrogen-bond donors (Lipinski definition) is 1. The van der Waals surface area contributed by atoms with Crippen molar-refractivity contribution in [1.82, 2.24) is 20.1 Å². The Morgan fingerprint density at radius 3 is 2.61 bits per heavy atom. The Morgan fingerprint density at radius 1 is 1.19 bits per heavy atom. The van der Waals surface area contributed by atoms with Gasteiger partial charge in [-0.25, -0.2) is 8.42 Å². The molecule has 4 rings (SSSR count). The lowest BCUT2D eigenvalue weighted by Gasteiger charge is -2.13. The highest BCUT2D eigenvalue weighted by Crippen LogP contribution is 2.30. The van der Waals surface area contributed by atoms with Crippen molar-refractivity contribution in [2.75, 3.05) is 17.3 Å². The number of carbonyl (C=O) groups is 1. The topological polar surface area (TPSA) is 94.0 Å². The summed E-state index contributed by atoms with van der Waals surface area (Å²) in [6.07, 6.45) is 0.457. The zero-order valence-electron chi connectivity index (χ0n) is 16.8. The predicted octanol–water partition coefficient (Wildman–Crippen LogP) is 3.29. The highest BCUT2D eigenvalue weighted by Gasteiger charge is 2.29. The molecule has 0 spiro atoms. The molecule has 0 radical (unpaired) electrons. The Bertz CT molecular complexity index is 1210. The smallest absolute Gasteiger partial charge is 0.230 e. The molecule has 1 aromatic heterocycles. The van der Waals surface area contributed by atoms with Crippen LogP contribution in [0.4, 0.5) is 0 Å². The number of halogens is 1. The average Bonchev–Trinajstić information content (AvgIpc) is 3.30. The molecule has 10 heteroatoms. The molecule has 1 N–H and O–H groups in total. The minimum atomic E-state index is -3.04. The molecule has 0 unspecified atom stereocenters. The number of sulfone groups is 1. The number of nitrogens with one attached hydrogen (secondary N) is 1. The molecule has 1 amide bonds. The van der Waals surface area contributed by atoms with Gasteiger partial charge in [-0.15, -0.1) is 10.2 Å². The maximum absolute atomic E-state index is 12.4. The molecule has 1 aliphatic rings. The summed E-state index contributed by atoms with van der Waals surface area (Å²) in [5.74, 6) is 0.664. The van der Waals surface area contributed by atoms with Gasteiger partial charge in [0.1, 0.15) is 0 Å². The lowest BCUT2D eigenvalue weighted by atomic mass is 10.1. The first-order valence-electron chi connectivity index (χ1n) is 9.72. The molecular formula is C21H21ClN4O3S2. The van der Waals surface area contributed by atoms with E-state index in [9.17, 15) is 13.2 Å². The molecule has 1 atom stereocenters. The van der Waals surface area contributed by atoms with Gasteiger partial charge in [-0.1, -0.05) is 41.6 Å². The first-order valence-corrected chi connectivity index (χ1v) is 12.9. The molecule has 31 heavy (non-hydrogen) atoms. The zero-order valence-corrected chi connectivity index (χ0v) is 19.2. The van der Waals surface area contributed by atoms with Gasteiger partial charge >= 0.3 is 0 Å². The van der Waals surface area contributed by atoms with Gasteiger partial charge in [0, 0.05) is 16.6 Å². The van der Waals surface area contributed by atoms with E-state index in [0.29, 0.717) is 22.4 Å². The number of aryl methyl sites for hydroxylation is 1. The van der Waals surface area contributed by atoms with Crippen LogP contribution in [0.1, 0.15) is 12.0 Å². The Morgan fingerprint density at radius 2 is 1.94 bits per heavy atom. The molecule has 0 saturated carbocycles. The van der Waals surface area contributed by atoms with Crippen molar-refractivity contribution >= 4 is 39.1 Å². The molecule has 0 bridgehead atoms. The van der Waals surface area contributed by atoms with Crippen LogP contribution < -0.4 is 5.32 Å². The fraction of sp³-hybridized carbons (Fsp3) is 0.286. The van der Waals surface area contributed by atoms with Gasteiger partial charge < -0.3 is 5.32 Å². The number of thioether (sulfide) groups is 1.